The quantitative estimate of drug-likeness (QED) is 0.558. The number of sulfonamides is 1. The highest BCUT2D eigenvalue weighted by molar-refractivity contribution is 7.93. The van der Waals surface area contributed by atoms with Gasteiger partial charge in [-0.15, -0.1) is 0 Å². The maximum atomic E-state index is 13.8. The Bertz CT molecular complexity index is 1190. The molecule has 0 bridgehead atoms. The summed E-state index contributed by atoms with van der Waals surface area (Å²) in [7, 11) is -1.40. The lowest BCUT2D eigenvalue weighted by molar-refractivity contribution is 0.0999. The normalized spacial score (nSPS) is 11.1. The van der Waals surface area contributed by atoms with Gasteiger partial charge in [0, 0.05) is 0 Å². The lowest BCUT2D eigenvalue weighted by Gasteiger charge is -2.26. The van der Waals surface area contributed by atoms with Crippen LogP contribution in [0, 0.1) is 20.8 Å². The van der Waals surface area contributed by atoms with Crippen LogP contribution < -0.4 is 13.8 Å². The van der Waals surface area contributed by atoms with Crippen molar-refractivity contribution in [1.29, 1.82) is 0 Å². The number of rotatable bonds is 6. The Kier molecular flexibility index (Phi) is 6.36. The van der Waals surface area contributed by atoms with Crippen molar-refractivity contribution < 1.29 is 22.7 Å². The molecule has 0 unspecified atom stereocenters. The Labute approximate surface area is 183 Å². The third-order valence-electron chi connectivity index (χ3n) is 5.18. The summed E-state index contributed by atoms with van der Waals surface area (Å²) in [6.07, 6.45) is 0. The van der Waals surface area contributed by atoms with Crippen LogP contribution in [0.3, 0.4) is 0 Å². The molecular formula is C24H25NO5S. The molecule has 0 atom stereocenters. The second-order valence-electron chi connectivity index (χ2n) is 7.14. The lowest BCUT2D eigenvalue weighted by atomic mass is 10.1. The number of ether oxygens (including phenoxy) is 2. The number of carbonyl (C=O) groups is 1. The van der Waals surface area contributed by atoms with E-state index in [1.807, 2.05) is 19.9 Å². The van der Waals surface area contributed by atoms with E-state index in [1.54, 1.807) is 49.4 Å². The number of aryl methyl sites for hydroxylation is 2. The molecule has 3 aromatic carbocycles. The molecule has 0 saturated heterocycles. The van der Waals surface area contributed by atoms with Gasteiger partial charge < -0.3 is 9.47 Å². The van der Waals surface area contributed by atoms with Crippen molar-refractivity contribution in [2.75, 3.05) is 18.5 Å². The van der Waals surface area contributed by atoms with Crippen molar-refractivity contribution in [2.24, 2.45) is 0 Å². The zero-order valence-corrected chi connectivity index (χ0v) is 19.0. The number of amides is 1. The van der Waals surface area contributed by atoms with E-state index in [0.29, 0.717) is 5.56 Å². The molecule has 3 rings (SSSR count). The van der Waals surface area contributed by atoms with Gasteiger partial charge in [-0.05, 0) is 62.2 Å². The third-order valence-corrected chi connectivity index (χ3v) is 6.89. The van der Waals surface area contributed by atoms with Crippen LogP contribution in [-0.4, -0.2) is 28.5 Å². The van der Waals surface area contributed by atoms with Crippen LogP contribution in [0.5, 0.6) is 11.5 Å². The van der Waals surface area contributed by atoms with E-state index >= 15 is 0 Å². The second kappa shape index (κ2) is 8.81. The highest BCUT2D eigenvalue weighted by Gasteiger charge is 2.36. The molecule has 0 aliphatic heterocycles. The first-order chi connectivity index (χ1) is 14.7. The van der Waals surface area contributed by atoms with Crippen molar-refractivity contribution in [2.45, 2.75) is 25.7 Å². The van der Waals surface area contributed by atoms with Crippen LogP contribution in [-0.2, 0) is 10.0 Å². The van der Waals surface area contributed by atoms with Crippen LogP contribution >= 0.6 is 0 Å². The molecule has 6 nitrogen and oxygen atoms in total. The molecule has 0 heterocycles. The van der Waals surface area contributed by atoms with Crippen molar-refractivity contribution >= 4 is 21.6 Å². The standard InChI is InChI=1S/C24H25NO5S/c1-16-12-14-19(15-13-16)31(27,28)25(20-9-6-8-17(2)18(20)3)24(26)23-21(29-4)10-7-11-22(23)30-5/h6-15H,1-5H3. The maximum absolute atomic E-state index is 13.8. The summed E-state index contributed by atoms with van der Waals surface area (Å²) >= 11 is 0. The van der Waals surface area contributed by atoms with E-state index in [0.717, 1.165) is 15.4 Å². The molecule has 31 heavy (non-hydrogen) atoms. The predicted molar refractivity (Wildman–Crippen MR) is 121 cm³/mol. The zero-order valence-electron chi connectivity index (χ0n) is 18.2. The molecule has 0 radical (unpaired) electrons. The van der Waals surface area contributed by atoms with E-state index in [2.05, 4.69) is 0 Å². The fraction of sp³-hybridized carbons (Fsp3) is 0.208. The summed E-state index contributed by atoms with van der Waals surface area (Å²) in [6.45, 7) is 5.52. The molecule has 162 valence electrons. The number of hydrogen-bond donors (Lipinski definition) is 0. The molecular weight excluding hydrogens is 414 g/mol. The van der Waals surface area contributed by atoms with E-state index < -0.39 is 15.9 Å². The van der Waals surface area contributed by atoms with Gasteiger partial charge in [-0.3, -0.25) is 4.79 Å². The average molecular weight is 440 g/mol. The van der Waals surface area contributed by atoms with Crippen LogP contribution in [0.15, 0.2) is 65.6 Å². The van der Waals surface area contributed by atoms with Gasteiger partial charge in [0.05, 0.1) is 24.8 Å². The van der Waals surface area contributed by atoms with Crippen LogP contribution in [0.4, 0.5) is 5.69 Å². The molecule has 0 fully saturated rings. The Balaban J connectivity index is 2.31. The number of hydrogen-bond acceptors (Lipinski definition) is 5. The predicted octanol–water partition coefficient (Wildman–Crippen LogP) is 4.66. The second-order valence-corrected chi connectivity index (χ2v) is 8.93. The van der Waals surface area contributed by atoms with Crippen molar-refractivity contribution in [3.05, 3.63) is 82.9 Å². The first kappa shape index (κ1) is 22.4. The third kappa shape index (κ3) is 4.14. The summed E-state index contributed by atoms with van der Waals surface area (Å²) in [4.78, 5) is 13.9. The number of carbonyl (C=O) groups excluding carboxylic acids is 1. The highest BCUT2D eigenvalue weighted by atomic mass is 32.2. The smallest absolute Gasteiger partial charge is 0.279 e. The first-order valence-corrected chi connectivity index (χ1v) is 11.1. The van der Waals surface area contributed by atoms with Crippen molar-refractivity contribution in [3.63, 3.8) is 0 Å². The molecule has 0 aliphatic rings. The van der Waals surface area contributed by atoms with Gasteiger partial charge in [0.25, 0.3) is 15.9 Å². The number of anilines is 1. The van der Waals surface area contributed by atoms with Gasteiger partial charge in [0.15, 0.2) is 0 Å². The number of benzene rings is 3. The molecule has 1 amide bonds. The molecule has 0 spiro atoms. The van der Waals surface area contributed by atoms with Crippen molar-refractivity contribution in [1.82, 2.24) is 0 Å². The molecule has 0 N–H and O–H groups in total. The topological polar surface area (TPSA) is 72.9 Å². The van der Waals surface area contributed by atoms with Crippen LogP contribution in [0.2, 0.25) is 0 Å². The van der Waals surface area contributed by atoms with Crippen molar-refractivity contribution in [3.8, 4) is 11.5 Å². The Morgan fingerprint density at radius 2 is 1.35 bits per heavy atom. The van der Waals surface area contributed by atoms with Gasteiger partial charge in [0.1, 0.15) is 17.1 Å². The van der Waals surface area contributed by atoms with E-state index in [-0.39, 0.29) is 27.6 Å². The molecule has 0 aliphatic carbocycles. The summed E-state index contributed by atoms with van der Waals surface area (Å²) in [6, 6.07) is 16.4. The van der Waals surface area contributed by atoms with E-state index in [9.17, 15) is 13.2 Å². The fourth-order valence-corrected chi connectivity index (χ4v) is 4.74. The molecule has 7 heteroatoms. The van der Waals surface area contributed by atoms with Gasteiger partial charge >= 0.3 is 0 Å². The summed E-state index contributed by atoms with van der Waals surface area (Å²) in [5.41, 5.74) is 2.76. The van der Waals surface area contributed by atoms with Crippen LogP contribution in [0.25, 0.3) is 0 Å². The minimum atomic E-state index is -4.23. The van der Waals surface area contributed by atoms with Gasteiger partial charge in [0.2, 0.25) is 0 Å². The number of methoxy groups -OCH3 is 2. The first-order valence-electron chi connectivity index (χ1n) is 9.66. The highest BCUT2D eigenvalue weighted by Crippen LogP contribution is 2.35. The van der Waals surface area contributed by atoms with Gasteiger partial charge in [-0.2, -0.15) is 4.31 Å². The van der Waals surface area contributed by atoms with E-state index in [4.69, 9.17) is 9.47 Å². The molecule has 0 saturated carbocycles. The van der Waals surface area contributed by atoms with Gasteiger partial charge in [-0.25, -0.2) is 8.42 Å². The maximum Gasteiger partial charge on any atom is 0.279 e. The largest absolute Gasteiger partial charge is 0.496 e. The molecule has 0 aromatic heterocycles. The fourth-order valence-electron chi connectivity index (χ4n) is 3.28. The monoisotopic (exact) mass is 439 g/mol. The summed E-state index contributed by atoms with van der Waals surface area (Å²) in [5.74, 6) is -0.318. The van der Waals surface area contributed by atoms with Gasteiger partial charge in [-0.1, -0.05) is 35.9 Å². The molecule has 3 aromatic rings. The lowest BCUT2D eigenvalue weighted by Crippen LogP contribution is -2.38. The average Bonchev–Trinajstić information content (AvgIpc) is 2.76. The Morgan fingerprint density at radius 3 is 1.90 bits per heavy atom. The summed E-state index contributed by atoms with van der Waals surface area (Å²) in [5, 5.41) is 0. The SMILES string of the molecule is COc1cccc(OC)c1C(=O)N(c1cccc(C)c1C)S(=O)(=O)c1ccc(C)cc1. The Hall–Kier alpha value is -3.32. The minimum absolute atomic E-state index is 0.0150. The minimum Gasteiger partial charge on any atom is -0.496 e. The van der Waals surface area contributed by atoms with Crippen LogP contribution in [0.1, 0.15) is 27.0 Å². The zero-order chi connectivity index (χ0) is 22.8. The number of nitrogens with zero attached hydrogens (tertiary/aromatic N) is 1. The van der Waals surface area contributed by atoms with E-state index in [1.165, 1.54) is 26.4 Å². The Morgan fingerprint density at radius 1 is 0.806 bits per heavy atom. The summed E-state index contributed by atoms with van der Waals surface area (Å²) < 4.78 is 39.0.